The van der Waals surface area contributed by atoms with Gasteiger partial charge in [0.1, 0.15) is 36.5 Å². The Labute approximate surface area is 380 Å². The summed E-state index contributed by atoms with van der Waals surface area (Å²) in [4.78, 5) is 38.0. The minimum absolute atomic E-state index is 0.0233. The van der Waals surface area contributed by atoms with E-state index < -0.39 is 22.7 Å². The number of carbonyl (C=O) groups is 1. The molecule has 2 heterocycles. The summed E-state index contributed by atoms with van der Waals surface area (Å²) in [5, 5.41) is 36.1. The molecule has 1 aromatic heterocycles. The number of methoxy groups -OCH3 is 1. The van der Waals surface area contributed by atoms with E-state index in [0.29, 0.717) is 41.4 Å². The smallest absolute Gasteiger partial charge is 0.269 e. The van der Waals surface area contributed by atoms with Crippen LogP contribution in [0.5, 0.6) is 17.2 Å². The Morgan fingerprint density at radius 3 is 2.48 bits per heavy atom. The number of ether oxygens (including phenoxy) is 4. The SMILES string of the molecule is C=CCOC12Oc3ccc(OCc4cccc(C)n4)cc3C3C(CCCCO)C(CCCCO)C=C(C(=NOCc4ccc([N+](=O)[O-])cc4)CC1N(C)C(=O)Cc1cccc(OC)c1)C32. The molecule has 1 aliphatic heterocycles. The molecule has 1 amide bonds. The van der Waals surface area contributed by atoms with Gasteiger partial charge in [0, 0.05) is 56.0 Å². The van der Waals surface area contributed by atoms with Crippen molar-refractivity contribution in [1.82, 2.24) is 9.88 Å². The highest BCUT2D eigenvalue weighted by Gasteiger charge is 2.65. The number of aryl methyl sites for hydroxylation is 1. The minimum atomic E-state index is -1.42. The van der Waals surface area contributed by atoms with E-state index in [-0.39, 0.29) is 75.2 Å². The van der Waals surface area contributed by atoms with Crippen LogP contribution < -0.4 is 14.2 Å². The first kappa shape index (κ1) is 46.9. The average Bonchev–Trinajstić information content (AvgIpc) is 3.31. The molecule has 1 saturated carbocycles. The molecular weight excluding hydrogens is 829 g/mol. The number of pyridine rings is 1. The molecule has 65 heavy (non-hydrogen) atoms. The third kappa shape index (κ3) is 10.7. The van der Waals surface area contributed by atoms with E-state index in [1.807, 2.05) is 61.5 Å². The van der Waals surface area contributed by atoms with Crippen molar-refractivity contribution < 1.29 is 43.7 Å². The average molecular weight is 889 g/mol. The number of aliphatic hydroxyl groups is 2. The highest BCUT2D eigenvalue weighted by Crippen LogP contribution is 2.62. The zero-order valence-corrected chi connectivity index (χ0v) is 37.5. The second-order valence-corrected chi connectivity index (χ2v) is 17.1. The standard InChI is InChI=1S/C51H60N4O10/c1-5-26-63-51-47(54(3)48(58)28-36-13-11-16-40(27-36)61-4)31-45(53-64-32-35-18-20-39(21-19-35)55(59)60)43-29-37(14-6-8-24-56)42(17-7-9-25-57)49(50(43)51)44-30-41(22-23-46(44)65-51)62-33-38-15-10-12-34(2)52-38/h5,10-13,15-16,18-23,27,29-30,37,42,47,49-50,56-57H,1,6-9,14,17,24-26,28,31-33H2,2-4H3. The Hall–Kier alpha value is -6.09. The van der Waals surface area contributed by atoms with Gasteiger partial charge >= 0.3 is 0 Å². The van der Waals surface area contributed by atoms with E-state index in [9.17, 15) is 25.1 Å². The van der Waals surface area contributed by atoms with Crippen molar-refractivity contribution in [2.45, 2.75) is 89.3 Å². The summed E-state index contributed by atoms with van der Waals surface area (Å²) in [5.74, 6) is -0.376. The minimum Gasteiger partial charge on any atom is -0.497 e. The Bertz CT molecular complexity index is 2350. The monoisotopic (exact) mass is 888 g/mol. The molecular formula is C51H60N4O10. The molecule has 0 spiro atoms. The molecule has 6 unspecified atom stereocenters. The maximum Gasteiger partial charge on any atom is 0.269 e. The Morgan fingerprint density at radius 2 is 1.75 bits per heavy atom. The van der Waals surface area contributed by atoms with Crippen LogP contribution in [0.2, 0.25) is 0 Å². The van der Waals surface area contributed by atoms with Gasteiger partial charge < -0.3 is 38.9 Å². The number of aromatic nitrogens is 1. The number of non-ortho nitro benzene ring substituents is 1. The molecule has 0 saturated heterocycles. The number of hydrogen-bond donors (Lipinski definition) is 2. The summed E-state index contributed by atoms with van der Waals surface area (Å²) in [5.41, 5.74) is 5.62. The molecule has 4 aromatic rings. The molecule has 3 aromatic carbocycles. The summed E-state index contributed by atoms with van der Waals surface area (Å²) in [6.45, 7) is 6.56. The fourth-order valence-electron chi connectivity index (χ4n) is 9.81. The number of carbonyl (C=O) groups excluding carboxylic acids is 1. The molecule has 2 aliphatic carbocycles. The molecule has 14 nitrogen and oxygen atoms in total. The van der Waals surface area contributed by atoms with E-state index in [4.69, 9.17) is 28.9 Å². The summed E-state index contributed by atoms with van der Waals surface area (Å²) < 4.78 is 26.3. The topological polar surface area (TPSA) is 175 Å². The van der Waals surface area contributed by atoms with Crippen molar-refractivity contribution in [2.75, 3.05) is 34.0 Å². The number of aliphatic hydroxyl groups excluding tert-OH is 2. The Morgan fingerprint density at radius 1 is 0.985 bits per heavy atom. The predicted octanol–water partition coefficient (Wildman–Crippen LogP) is 8.42. The number of amides is 1. The summed E-state index contributed by atoms with van der Waals surface area (Å²) in [6, 6.07) is 24.6. The number of allylic oxidation sites excluding steroid dienone is 1. The molecule has 344 valence electrons. The van der Waals surface area contributed by atoms with Crippen LogP contribution in [0.25, 0.3) is 0 Å². The van der Waals surface area contributed by atoms with Crippen LogP contribution in [0.1, 0.15) is 78.9 Å². The zero-order valence-electron chi connectivity index (χ0n) is 37.5. The van der Waals surface area contributed by atoms with Gasteiger partial charge in [0.2, 0.25) is 11.7 Å². The molecule has 2 N–H and O–H groups in total. The van der Waals surface area contributed by atoms with Gasteiger partial charge in [-0.25, -0.2) is 0 Å². The van der Waals surface area contributed by atoms with Crippen LogP contribution in [0.4, 0.5) is 5.69 Å². The van der Waals surface area contributed by atoms with Gasteiger partial charge in [-0.15, -0.1) is 6.58 Å². The van der Waals surface area contributed by atoms with Crippen molar-refractivity contribution >= 4 is 17.3 Å². The second kappa shape index (κ2) is 21.7. The van der Waals surface area contributed by atoms with Crippen LogP contribution in [0, 0.1) is 34.8 Å². The lowest BCUT2D eigenvalue weighted by Crippen LogP contribution is -2.69. The van der Waals surface area contributed by atoms with Crippen molar-refractivity contribution in [1.29, 1.82) is 0 Å². The van der Waals surface area contributed by atoms with Gasteiger partial charge in [-0.1, -0.05) is 48.3 Å². The quantitative estimate of drug-likeness (QED) is 0.0335. The van der Waals surface area contributed by atoms with Gasteiger partial charge in [-0.2, -0.15) is 0 Å². The van der Waals surface area contributed by atoms with E-state index in [1.54, 1.807) is 37.3 Å². The summed E-state index contributed by atoms with van der Waals surface area (Å²) in [6.07, 6.45) is 8.70. The third-order valence-corrected chi connectivity index (χ3v) is 12.9. The molecule has 3 aliphatic rings. The Balaban J connectivity index is 1.37. The molecule has 0 radical (unpaired) electrons. The molecule has 0 bridgehead atoms. The number of nitrogens with zero attached hydrogens (tertiary/aromatic N) is 4. The van der Waals surface area contributed by atoms with Crippen LogP contribution >= 0.6 is 0 Å². The van der Waals surface area contributed by atoms with Crippen molar-refractivity contribution in [3.05, 3.63) is 147 Å². The lowest BCUT2D eigenvalue weighted by Gasteiger charge is -2.59. The van der Waals surface area contributed by atoms with Crippen LogP contribution in [0.3, 0.4) is 0 Å². The van der Waals surface area contributed by atoms with Crippen LogP contribution in [-0.4, -0.2) is 82.4 Å². The van der Waals surface area contributed by atoms with Gasteiger partial charge in [0.25, 0.3) is 5.69 Å². The number of oxime groups is 1. The summed E-state index contributed by atoms with van der Waals surface area (Å²) in [7, 11) is 3.37. The van der Waals surface area contributed by atoms with Gasteiger partial charge in [0.05, 0.1) is 42.4 Å². The van der Waals surface area contributed by atoms with Gasteiger partial charge in [0.15, 0.2) is 0 Å². The first-order valence-corrected chi connectivity index (χ1v) is 22.5. The number of benzene rings is 3. The maximum absolute atomic E-state index is 14.6. The Kier molecular flexibility index (Phi) is 15.7. The number of likely N-dealkylation sites (N-methyl/N-ethyl adjacent to an activating group) is 1. The fraction of sp³-hybridized carbons (Fsp3) is 0.431. The van der Waals surface area contributed by atoms with Crippen molar-refractivity contribution in [3.8, 4) is 17.2 Å². The fourth-order valence-corrected chi connectivity index (χ4v) is 9.81. The molecule has 7 rings (SSSR count). The first-order valence-electron chi connectivity index (χ1n) is 22.5. The lowest BCUT2D eigenvalue weighted by molar-refractivity contribution is -0.384. The van der Waals surface area contributed by atoms with Crippen molar-refractivity contribution in [3.63, 3.8) is 0 Å². The van der Waals surface area contributed by atoms with E-state index >= 15 is 0 Å². The predicted molar refractivity (Wildman–Crippen MR) is 246 cm³/mol. The number of fused-ring (bicyclic) bond motifs is 2. The normalized spacial score (nSPS) is 22.4. The van der Waals surface area contributed by atoms with Gasteiger partial charge in [-0.05, 0) is 116 Å². The zero-order chi connectivity index (χ0) is 45.9. The van der Waals surface area contributed by atoms with Crippen LogP contribution in [0.15, 0.2) is 114 Å². The van der Waals surface area contributed by atoms with Crippen LogP contribution in [-0.2, 0) is 34.0 Å². The molecule has 1 fully saturated rings. The molecule has 6 atom stereocenters. The highest BCUT2D eigenvalue weighted by molar-refractivity contribution is 6.03. The summed E-state index contributed by atoms with van der Waals surface area (Å²) >= 11 is 0. The van der Waals surface area contributed by atoms with E-state index in [1.165, 1.54) is 12.1 Å². The largest absolute Gasteiger partial charge is 0.497 e. The first-order chi connectivity index (χ1) is 31.6. The number of unbranched alkanes of at least 4 members (excludes halogenated alkanes) is 2. The number of nitro benzene ring substituents is 1. The lowest BCUT2D eigenvalue weighted by atomic mass is 9.55. The van der Waals surface area contributed by atoms with E-state index in [0.717, 1.165) is 53.8 Å². The number of hydrogen-bond acceptors (Lipinski definition) is 12. The number of rotatable bonds is 22. The van der Waals surface area contributed by atoms with E-state index in [2.05, 4.69) is 23.7 Å². The highest BCUT2D eigenvalue weighted by atomic mass is 16.7. The number of nitro groups is 1. The van der Waals surface area contributed by atoms with Crippen molar-refractivity contribution in [2.24, 2.45) is 22.9 Å². The second-order valence-electron chi connectivity index (χ2n) is 17.1. The van der Waals surface area contributed by atoms with Gasteiger partial charge in [-0.3, -0.25) is 19.9 Å². The molecule has 14 heteroatoms. The third-order valence-electron chi connectivity index (χ3n) is 12.9. The maximum atomic E-state index is 14.6.